The Balaban J connectivity index is 2.49. The summed E-state index contributed by atoms with van der Waals surface area (Å²) in [4.78, 5) is 6.44. The Morgan fingerprint density at radius 1 is 1.00 bits per heavy atom. The van der Waals surface area contributed by atoms with Crippen LogP contribution in [0, 0.1) is 17.5 Å². The van der Waals surface area contributed by atoms with E-state index in [1.165, 1.54) is 0 Å². The highest BCUT2D eigenvalue weighted by Gasteiger charge is 2.35. The van der Waals surface area contributed by atoms with Gasteiger partial charge in [0, 0.05) is 18.3 Å². The lowest BCUT2D eigenvalue weighted by atomic mass is 10.2. The van der Waals surface area contributed by atoms with Crippen molar-refractivity contribution in [2.75, 3.05) is 5.32 Å². The normalized spacial score (nSPS) is 11.6. The second kappa shape index (κ2) is 5.40. The first kappa shape index (κ1) is 15.4. The molecule has 0 radical (unpaired) electrons. The third kappa shape index (κ3) is 3.35. The van der Waals surface area contributed by atoms with Gasteiger partial charge in [-0.1, -0.05) is 0 Å². The van der Waals surface area contributed by atoms with Crippen LogP contribution in [0.25, 0.3) is 0 Å². The molecule has 112 valence electrons. The minimum absolute atomic E-state index is 0.188. The van der Waals surface area contributed by atoms with E-state index < -0.39 is 46.0 Å². The molecule has 2 rings (SSSR count). The maximum absolute atomic E-state index is 13.4. The highest BCUT2D eigenvalue weighted by atomic mass is 35.5. The van der Waals surface area contributed by atoms with Crippen LogP contribution in [0.1, 0.15) is 5.56 Å². The van der Waals surface area contributed by atoms with E-state index in [2.05, 4.69) is 9.97 Å². The van der Waals surface area contributed by atoms with Crippen LogP contribution in [0.4, 0.5) is 37.8 Å². The van der Waals surface area contributed by atoms with Crippen molar-refractivity contribution in [3.8, 4) is 0 Å². The van der Waals surface area contributed by atoms with E-state index in [-0.39, 0.29) is 6.07 Å². The van der Waals surface area contributed by atoms with Crippen molar-refractivity contribution in [1.82, 2.24) is 9.97 Å². The average Bonchev–Trinajstić information content (AvgIpc) is 2.34. The number of nitrogens with zero attached hydrogens (tertiary/aromatic N) is 2. The quantitative estimate of drug-likeness (QED) is 0.507. The second-order valence-corrected chi connectivity index (χ2v) is 4.11. The molecule has 2 aromatic rings. The molecule has 0 aliphatic heterocycles. The third-order valence-electron chi connectivity index (χ3n) is 2.33. The summed E-state index contributed by atoms with van der Waals surface area (Å²) in [6, 6.07) is 0.550. The monoisotopic (exact) mass is 327 g/mol. The molecular formula is C11H4ClF6N3. The maximum atomic E-state index is 13.4. The fraction of sp³-hybridized carbons (Fsp3) is 0.0909. The van der Waals surface area contributed by atoms with Crippen LogP contribution >= 0.6 is 11.6 Å². The Bertz CT molecular complexity index is 688. The van der Waals surface area contributed by atoms with E-state index in [1.54, 1.807) is 0 Å². The summed E-state index contributed by atoms with van der Waals surface area (Å²) in [5, 5.41) is 1.39. The fourth-order valence-electron chi connectivity index (χ4n) is 1.41. The predicted molar refractivity (Wildman–Crippen MR) is 61.6 cm³/mol. The van der Waals surface area contributed by atoms with Gasteiger partial charge in [0.2, 0.25) is 5.28 Å². The fourth-order valence-corrected chi connectivity index (χ4v) is 1.54. The molecule has 0 saturated heterocycles. The van der Waals surface area contributed by atoms with Crippen molar-refractivity contribution in [3.63, 3.8) is 0 Å². The van der Waals surface area contributed by atoms with Gasteiger partial charge in [-0.2, -0.15) is 18.2 Å². The van der Waals surface area contributed by atoms with Gasteiger partial charge in [-0.25, -0.2) is 18.2 Å². The van der Waals surface area contributed by atoms with Crippen molar-refractivity contribution in [2.45, 2.75) is 6.18 Å². The zero-order valence-electron chi connectivity index (χ0n) is 9.77. The van der Waals surface area contributed by atoms with Gasteiger partial charge in [-0.15, -0.1) is 0 Å². The topological polar surface area (TPSA) is 37.8 Å². The maximum Gasteiger partial charge on any atom is 0.421 e. The second-order valence-electron chi connectivity index (χ2n) is 3.77. The van der Waals surface area contributed by atoms with Crippen molar-refractivity contribution in [3.05, 3.63) is 46.6 Å². The molecule has 0 aliphatic rings. The van der Waals surface area contributed by atoms with E-state index in [0.717, 1.165) is 0 Å². The molecule has 0 amide bonds. The summed E-state index contributed by atoms with van der Waals surface area (Å²) >= 11 is 5.37. The first-order valence-electron chi connectivity index (χ1n) is 5.20. The van der Waals surface area contributed by atoms with Gasteiger partial charge in [0.15, 0.2) is 11.6 Å². The zero-order valence-corrected chi connectivity index (χ0v) is 10.5. The molecule has 1 aromatic carbocycles. The molecule has 0 atom stereocenters. The van der Waals surface area contributed by atoms with Gasteiger partial charge < -0.3 is 5.32 Å². The van der Waals surface area contributed by atoms with Crippen LogP contribution in [0.2, 0.25) is 5.28 Å². The lowest BCUT2D eigenvalue weighted by Crippen LogP contribution is -2.12. The van der Waals surface area contributed by atoms with E-state index in [0.29, 0.717) is 12.3 Å². The van der Waals surface area contributed by atoms with Crippen LogP contribution in [-0.2, 0) is 6.18 Å². The highest BCUT2D eigenvalue weighted by molar-refractivity contribution is 6.28. The van der Waals surface area contributed by atoms with Crippen LogP contribution in [0.3, 0.4) is 0 Å². The van der Waals surface area contributed by atoms with Crippen LogP contribution in [0.15, 0.2) is 18.3 Å². The summed E-state index contributed by atoms with van der Waals surface area (Å²) in [6.45, 7) is 0. The van der Waals surface area contributed by atoms with Gasteiger partial charge in [-0.3, -0.25) is 0 Å². The predicted octanol–water partition coefficient (Wildman–Crippen LogP) is 4.31. The molecule has 3 nitrogen and oxygen atoms in total. The number of benzene rings is 1. The molecule has 21 heavy (non-hydrogen) atoms. The molecule has 0 bridgehead atoms. The van der Waals surface area contributed by atoms with Crippen molar-refractivity contribution >= 4 is 23.1 Å². The van der Waals surface area contributed by atoms with E-state index >= 15 is 0 Å². The Morgan fingerprint density at radius 3 is 2.24 bits per heavy atom. The van der Waals surface area contributed by atoms with Gasteiger partial charge in [0.05, 0.1) is 5.69 Å². The van der Waals surface area contributed by atoms with Crippen molar-refractivity contribution in [2.24, 2.45) is 0 Å². The molecule has 10 heteroatoms. The summed E-state index contributed by atoms with van der Waals surface area (Å²) in [5.41, 5.74) is -2.06. The third-order valence-corrected chi connectivity index (χ3v) is 2.51. The van der Waals surface area contributed by atoms with E-state index in [1.807, 2.05) is 5.32 Å². The number of anilines is 2. The van der Waals surface area contributed by atoms with Gasteiger partial charge >= 0.3 is 6.18 Å². The lowest BCUT2D eigenvalue weighted by Gasteiger charge is -2.13. The zero-order chi connectivity index (χ0) is 15.8. The Morgan fingerprint density at radius 2 is 1.62 bits per heavy atom. The van der Waals surface area contributed by atoms with Crippen LogP contribution in [-0.4, -0.2) is 9.97 Å². The summed E-state index contributed by atoms with van der Waals surface area (Å²) < 4.78 is 77.4. The molecule has 0 spiro atoms. The average molecular weight is 328 g/mol. The molecule has 1 heterocycles. The highest BCUT2D eigenvalue weighted by Crippen LogP contribution is 2.35. The van der Waals surface area contributed by atoms with Gasteiger partial charge in [0.1, 0.15) is 17.2 Å². The molecule has 1 N–H and O–H groups in total. The molecule has 0 aliphatic carbocycles. The molecular weight excluding hydrogens is 324 g/mol. The van der Waals surface area contributed by atoms with Crippen molar-refractivity contribution in [1.29, 1.82) is 0 Å². The van der Waals surface area contributed by atoms with Gasteiger partial charge in [-0.05, 0) is 11.6 Å². The number of hydrogen-bond donors (Lipinski definition) is 1. The number of aromatic nitrogens is 2. The largest absolute Gasteiger partial charge is 0.421 e. The minimum Gasteiger partial charge on any atom is -0.337 e. The number of hydrogen-bond acceptors (Lipinski definition) is 3. The van der Waals surface area contributed by atoms with E-state index in [9.17, 15) is 26.3 Å². The number of halogens is 7. The minimum atomic E-state index is -4.85. The summed E-state index contributed by atoms with van der Waals surface area (Å²) in [7, 11) is 0. The van der Waals surface area contributed by atoms with Crippen LogP contribution < -0.4 is 5.32 Å². The first-order valence-corrected chi connectivity index (χ1v) is 5.57. The lowest BCUT2D eigenvalue weighted by molar-refractivity contribution is -0.137. The molecule has 0 saturated carbocycles. The number of alkyl halides is 3. The number of rotatable bonds is 2. The SMILES string of the molecule is Fc1cc(F)c(Nc2nc(Cl)ncc2C(F)(F)F)cc1F. The molecule has 1 aromatic heterocycles. The Kier molecular flexibility index (Phi) is 3.95. The standard InChI is InChI=1S/C11H4ClF6N3/c12-10-19-3-4(11(16,17)18)9(21-10)20-8-2-6(14)5(13)1-7(8)15/h1-3H,(H,19,20,21). The Hall–Kier alpha value is -2.03. The molecule has 0 unspecified atom stereocenters. The van der Waals surface area contributed by atoms with Crippen molar-refractivity contribution < 1.29 is 26.3 Å². The summed E-state index contributed by atoms with van der Waals surface area (Å²) in [6.07, 6.45) is -4.46. The van der Waals surface area contributed by atoms with Gasteiger partial charge in [0.25, 0.3) is 0 Å². The first-order chi connectivity index (χ1) is 9.68. The van der Waals surface area contributed by atoms with E-state index in [4.69, 9.17) is 11.6 Å². The smallest absolute Gasteiger partial charge is 0.337 e. The van der Waals surface area contributed by atoms with Crippen LogP contribution in [0.5, 0.6) is 0 Å². The molecule has 0 fully saturated rings. The number of nitrogens with one attached hydrogen (secondary N) is 1. The Labute approximate surface area is 118 Å². The summed E-state index contributed by atoms with van der Waals surface area (Å²) in [5.74, 6) is -5.09.